The maximum absolute atomic E-state index is 13.2. The lowest BCUT2D eigenvalue weighted by Gasteiger charge is -2.21. The van der Waals surface area contributed by atoms with Crippen molar-refractivity contribution in [2.24, 2.45) is 0 Å². The molecule has 0 radical (unpaired) electrons. The van der Waals surface area contributed by atoms with Crippen molar-refractivity contribution in [2.45, 2.75) is 39.7 Å². The molecular formula is C27H29N3O2. The highest BCUT2D eigenvalue weighted by Crippen LogP contribution is 2.30. The zero-order chi connectivity index (χ0) is 22.8. The average molecular weight is 428 g/mol. The van der Waals surface area contributed by atoms with Crippen molar-refractivity contribution >= 4 is 22.5 Å². The lowest BCUT2D eigenvalue weighted by molar-refractivity contribution is 0.0945. The molecule has 0 fully saturated rings. The number of hydrogen-bond acceptors (Lipinski definition) is 3. The van der Waals surface area contributed by atoms with Crippen molar-refractivity contribution in [2.75, 3.05) is 6.54 Å². The summed E-state index contributed by atoms with van der Waals surface area (Å²) in [5.74, 6) is 0.0186. The van der Waals surface area contributed by atoms with E-state index in [2.05, 4.69) is 45.7 Å². The van der Waals surface area contributed by atoms with Crippen molar-refractivity contribution in [1.82, 2.24) is 15.3 Å². The van der Waals surface area contributed by atoms with Crippen LogP contribution in [0.1, 0.15) is 63.0 Å². The maximum atomic E-state index is 13.2. The maximum Gasteiger partial charge on any atom is 0.195 e. The number of para-hydroxylation sites is 1. The van der Waals surface area contributed by atoms with Crippen molar-refractivity contribution in [3.63, 3.8) is 0 Å². The van der Waals surface area contributed by atoms with E-state index in [1.54, 1.807) is 0 Å². The predicted molar refractivity (Wildman–Crippen MR) is 129 cm³/mol. The standard InChI is InChI=1S/C27H29N3O2/c1-16-25(19(4)31)17(2)30-26(16)27(32)18(3)28-14-22(20-10-6-5-7-11-20)23-15-29-24-13-9-8-12-21(23)24/h5-13,15,18,22,28-30H,14H2,1-4H3/t18-,22+/m1/s1. The molecule has 5 nitrogen and oxygen atoms in total. The molecule has 0 aliphatic carbocycles. The number of nitrogens with one attached hydrogen (secondary N) is 3. The summed E-state index contributed by atoms with van der Waals surface area (Å²) in [4.78, 5) is 31.6. The number of carbonyl (C=O) groups is 2. The highest BCUT2D eigenvalue weighted by atomic mass is 16.1. The van der Waals surface area contributed by atoms with Gasteiger partial charge in [-0.2, -0.15) is 0 Å². The lowest BCUT2D eigenvalue weighted by atomic mass is 9.90. The summed E-state index contributed by atoms with van der Waals surface area (Å²) < 4.78 is 0. The largest absolute Gasteiger partial charge is 0.361 e. The van der Waals surface area contributed by atoms with Gasteiger partial charge in [-0.25, -0.2) is 0 Å². The molecule has 2 aromatic heterocycles. The van der Waals surface area contributed by atoms with E-state index in [1.165, 1.54) is 23.4 Å². The molecule has 0 aliphatic heterocycles. The number of H-pyrrole nitrogens is 2. The minimum Gasteiger partial charge on any atom is -0.361 e. The van der Waals surface area contributed by atoms with E-state index < -0.39 is 6.04 Å². The number of Topliss-reactive ketones (excluding diaryl/α,β-unsaturated/α-hetero) is 2. The fourth-order valence-corrected chi connectivity index (χ4v) is 4.60. The van der Waals surface area contributed by atoms with Crippen LogP contribution in [0.3, 0.4) is 0 Å². The molecule has 164 valence electrons. The van der Waals surface area contributed by atoms with E-state index in [0.717, 1.165) is 16.8 Å². The Morgan fingerprint density at radius 1 is 1.00 bits per heavy atom. The van der Waals surface area contributed by atoms with E-state index in [1.807, 2.05) is 51.1 Å². The van der Waals surface area contributed by atoms with Gasteiger partial charge < -0.3 is 15.3 Å². The monoisotopic (exact) mass is 427 g/mol. The third-order valence-corrected chi connectivity index (χ3v) is 6.26. The van der Waals surface area contributed by atoms with Gasteiger partial charge in [0.15, 0.2) is 11.6 Å². The Balaban J connectivity index is 1.60. The number of fused-ring (bicyclic) bond motifs is 1. The lowest BCUT2D eigenvalue weighted by Crippen LogP contribution is -2.37. The van der Waals surface area contributed by atoms with Crippen LogP contribution in [0.25, 0.3) is 10.9 Å². The zero-order valence-corrected chi connectivity index (χ0v) is 19.0. The Labute approximate surface area is 188 Å². The van der Waals surface area contributed by atoms with Crippen LogP contribution in [-0.4, -0.2) is 34.1 Å². The SMILES string of the molecule is CC(=O)c1c(C)[nH]c(C(=O)[C@@H](C)NC[C@@H](c2ccccc2)c2c[nH]c3ccccc23)c1C. The summed E-state index contributed by atoms with van der Waals surface area (Å²) in [5, 5.41) is 4.63. The first-order valence-electron chi connectivity index (χ1n) is 11.0. The van der Waals surface area contributed by atoms with Crippen LogP contribution < -0.4 is 5.32 Å². The minimum atomic E-state index is -0.400. The summed E-state index contributed by atoms with van der Waals surface area (Å²) in [6.45, 7) is 7.68. The van der Waals surface area contributed by atoms with Gasteiger partial charge in [0.25, 0.3) is 0 Å². The molecule has 3 N–H and O–H groups in total. The predicted octanol–water partition coefficient (Wildman–Crippen LogP) is 5.31. The molecule has 0 saturated heterocycles. The van der Waals surface area contributed by atoms with E-state index in [4.69, 9.17) is 0 Å². The Morgan fingerprint density at radius 3 is 2.38 bits per heavy atom. The normalized spacial score (nSPS) is 13.2. The molecular weight excluding hydrogens is 398 g/mol. The molecule has 2 aromatic carbocycles. The summed E-state index contributed by atoms with van der Waals surface area (Å²) in [5.41, 5.74) is 6.08. The molecule has 4 aromatic rings. The van der Waals surface area contributed by atoms with Crippen LogP contribution in [0.2, 0.25) is 0 Å². The molecule has 2 atom stereocenters. The van der Waals surface area contributed by atoms with Gasteiger partial charge >= 0.3 is 0 Å². The van der Waals surface area contributed by atoms with Crippen molar-refractivity contribution in [1.29, 1.82) is 0 Å². The number of rotatable bonds is 8. The molecule has 0 bridgehead atoms. The molecule has 0 saturated carbocycles. The molecule has 0 spiro atoms. The van der Waals surface area contributed by atoms with Gasteiger partial charge in [-0.1, -0.05) is 48.5 Å². The Kier molecular flexibility index (Phi) is 6.10. The Morgan fingerprint density at radius 2 is 1.69 bits per heavy atom. The second-order valence-corrected chi connectivity index (χ2v) is 8.43. The molecule has 0 aliphatic rings. The number of benzene rings is 2. The van der Waals surface area contributed by atoms with Crippen LogP contribution in [-0.2, 0) is 0 Å². The average Bonchev–Trinajstić information content (AvgIpc) is 3.34. The van der Waals surface area contributed by atoms with Gasteiger partial charge in [0.2, 0.25) is 0 Å². The van der Waals surface area contributed by atoms with E-state index in [-0.39, 0.29) is 17.5 Å². The van der Waals surface area contributed by atoms with Crippen molar-refractivity contribution < 1.29 is 9.59 Å². The second kappa shape index (κ2) is 8.97. The van der Waals surface area contributed by atoms with Crippen LogP contribution in [0.4, 0.5) is 0 Å². The van der Waals surface area contributed by atoms with Crippen LogP contribution in [0.15, 0.2) is 60.8 Å². The van der Waals surface area contributed by atoms with Gasteiger partial charge in [-0.15, -0.1) is 0 Å². The Bertz CT molecular complexity index is 1270. The molecule has 5 heteroatoms. The highest BCUT2D eigenvalue weighted by Gasteiger charge is 2.25. The highest BCUT2D eigenvalue weighted by molar-refractivity contribution is 6.05. The van der Waals surface area contributed by atoms with Crippen molar-refractivity contribution in [3.8, 4) is 0 Å². The first kappa shape index (κ1) is 21.8. The van der Waals surface area contributed by atoms with E-state index in [9.17, 15) is 9.59 Å². The van der Waals surface area contributed by atoms with E-state index >= 15 is 0 Å². The van der Waals surface area contributed by atoms with Crippen LogP contribution in [0, 0.1) is 13.8 Å². The minimum absolute atomic E-state index is 0.0283. The van der Waals surface area contributed by atoms with Crippen LogP contribution >= 0.6 is 0 Å². The van der Waals surface area contributed by atoms with Gasteiger partial charge in [0.1, 0.15) is 0 Å². The number of hydrogen-bond donors (Lipinski definition) is 3. The topological polar surface area (TPSA) is 77.8 Å². The molecule has 32 heavy (non-hydrogen) atoms. The number of carbonyl (C=O) groups excluding carboxylic acids is 2. The van der Waals surface area contributed by atoms with E-state index in [0.29, 0.717) is 17.8 Å². The van der Waals surface area contributed by atoms with Crippen LogP contribution in [0.5, 0.6) is 0 Å². The number of aryl methyl sites for hydroxylation is 1. The second-order valence-electron chi connectivity index (χ2n) is 8.43. The van der Waals surface area contributed by atoms with Gasteiger partial charge in [0, 0.05) is 40.8 Å². The first-order chi connectivity index (χ1) is 15.4. The van der Waals surface area contributed by atoms with Gasteiger partial charge in [-0.3, -0.25) is 9.59 Å². The smallest absolute Gasteiger partial charge is 0.195 e. The zero-order valence-electron chi connectivity index (χ0n) is 19.0. The molecule has 2 heterocycles. The number of aromatic amines is 2. The molecule has 0 amide bonds. The third-order valence-electron chi connectivity index (χ3n) is 6.26. The summed E-state index contributed by atoms with van der Waals surface area (Å²) in [7, 11) is 0. The fraction of sp³-hybridized carbons (Fsp3) is 0.259. The number of aromatic nitrogens is 2. The number of ketones is 2. The first-order valence-corrected chi connectivity index (χ1v) is 11.0. The fourth-order valence-electron chi connectivity index (χ4n) is 4.60. The third kappa shape index (κ3) is 4.04. The summed E-state index contributed by atoms with van der Waals surface area (Å²) in [6.07, 6.45) is 2.06. The van der Waals surface area contributed by atoms with Crippen molar-refractivity contribution in [3.05, 3.63) is 94.4 Å². The quantitative estimate of drug-likeness (QED) is 0.334. The summed E-state index contributed by atoms with van der Waals surface area (Å²) in [6, 6.07) is 18.2. The summed E-state index contributed by atoms with van der Waals surface area (Å²) >= 11 is 0. The van der Waals surface area contributed by atoms with Gasteiger partial charge in [0.05, 0.1) is 11.7 Å². The molecule has 0 unspecified atom stereocenters. The van der Waals surface area contributed by atoms with Gasteiger partial charge in [-0.05, 0) is 50.5 Å². The molecule has 4 rings (SSSR count). The Hall–Kier alpha value is -3.44.